The third-order valence-electron chi connectivity index (χ3n) is 7.97. The van der Waals surface area contributed by atoms with Gasteiger partial charge in [0.2, 0.25) is 23.6 Å². The zero-order chi connectivity index (χ0) is 33.1. The first-order valence-corrected chi connectivity index (χ1v) is 16.7. The number of hydrogen-bond acceptors (Lipinski definition) is 6. The number of hydrogen-bond donors (Lipinski definition) is 6. The average Bonchev–Trinajstić information content (AvgIpc) is 3.37. The van der Waals surface area contributed by atoms with Crippen LogP contribution in [0, 0.1) is 11.8 Å². The highest BCUT2D eigenvalue weighted by atomic mass is 32.2. The number of aromatic amines is 1. The fraction of sp³-hybridized carbons (Fsp3) is 0.471. The van der Waals surface area contributed by atoms with Crippen LogP contribution in [0.4, 0.5) is 0 Å². The smallest absolute Gasteiger partial charge is 0.243 e. The van der Waals surface area contributed by atoms with Gasteiger partial charge in [0.05, 0.1) is 11.1 Å². The summed E-state index contributed by atoms with van der Waals surface area (Å²) in [6, 6.07) is 13.4. The summed E-state index contributed by atoms with van der Waals surface area (Å²) in [5.74, 6) is -1.80. The summed E-state index contributed by atoms with van der Waals surface area (Å²) in [7, 11) is 0. The number of nitrogens with two attached hydrogens (primary N) is 2. The largest absolute Gasteiger partial charge is 0.368 e. The van der Waals surface area contributed by atoms with E-state index in [1.54, 1.807) is 11.8 Å². The lowest BCUT2D eigenvalue weighted by atomic mass is 9.97. The number of rotatable bonds is 17. The van der Waals surface area contributed by atoms with Gasteiger partial charge < -0.3 is 32.4 Å². The molecule has 1 aromatic heterocycles. The van der Waals surface area contributed by atoms with Crippen LogP contribution >= 0.6 is 11.8 Å². The Balaban J connectivity index is 1.91. The molecule has 8 N–H and O–H groups in total. The van der Waals surface area contributed by atoms with E-state index < -0.39 is 47.8 Å². The summed E-state index contributed by atoms with van der Waals surface area (Å²) in [5.41, 5.74) is 14.6. The normalized spacial score (nSPS) is 14.7. The lowest BCUT2D eigenvalue weighted by Gasteiger charge is -2.28. The Morgan fingerprint density at radius 1 is 0.822 bits per heavy atom. The van der Waals surface area contributed by atoms with Gasteiger partial charge in [-0.15, -0.1) is 11.8 Å². The van der Waals surface area contributed by atoms with E-state index in [0.717, 1.165) is 39.2 Å². The number of amides is 4. The molecule has 0 aliphatic heterocycles. The number of fused-ring (bicyclic) bond motifs is 1. The van der Waals surface area contributed by atoms with Crippen molar-refractivity contribution >= 4 is 46.3 Å². The lowest BCUT2D eigenvalue weighted by Crippen LogP contribution is -2.60. The summed E-state index contributed by atoms with van der Waals surface area (Å²) in [6.45, 7) is 9.47. The third kappa shape index (κ3) is 9.83. The van der Waals surface area contributed by atoms with Gasteiger partial charge in [-0.2, -0.15) is 0 Å². The SMILES string of the molecule is CCCSc1[nH]c2ccccc2c1C[C@H](NC(=O)[C@@H](NC(=O)[C@@H](N)Cc1ccccc1)C(C)C)C(=O)N[C@H](C(N)=O)[C@@H](C)CC. The summed E-state index contributed by atoms with van der Waals surface area (Å²) in [5, 5.41) is 10.4. The highest BCUT2D eigenvalue weighted by Gasteiger charge is 2.33. The number of thioether (sulfide) groups is 1. The van der Waals surface area contributed by atoms with Gasteiger partial charge in [0.1, 0.15) is 18.1 Å². The second-order valence-corrected chi connectivity index (χ2v) is 13.0. The van der Waals surface area contributed by atoms with E-state index >= 15 is 0 Å². The van der Waals surface area contributed by atoms with Crippen LogP contribution in [0.25, 0.3) is 10.9 Å². The number of H-pyrrole nitrogens is 1. The fourth-order valence-electron chi connectivity index (χ4n) is 5.12. The number of para-hydroxylation sites is 1. The minimum absolute atomic E-state index is 0.159. The van der Waals surface area contributed by atoms with E-state index in [2.05, 4.69) is 27.9 Å². The molecule has 0 unspecified atom stereocenters. The molecule has 5 atom stereocenters. The van der Waals surface area contributed by atoms with E-state index in [9.17, 15) is 19.2 Å². The number of primary amides is 1. The van der Waals surface area contributed by atoms with Crippen molar-refractivity contribution in [2.24, 2.45) is 23.3 Å². The second kappa shape index (κ2) is 17.0. The van der Waals surface area contributed by atoms with Crippen molar-refractivity contribution in [3.8, 4) is 0 Å². The zero-order valence-electron chi connectivity index (χ0n) is 26.9. The average molecular weight is 637 g/mol. The maximum absolute atomic E-state index is 13.9. The molecule has 45 heavy (non-hydrogen) atoms. The first kappa shape index (κ1) is 35.6. The van der Waals surface area contributed by atoms with Crippen molar-refractivity contribution in [3.05, 3.63) is 65.7 Å². The van der Waals surface area contributed by atoms with Crippen molar-refractivity contribution in [1.29, 1.82) is 0 Å². The van der Waals surface area contributed by atoms with Crippen LogP contribution in [-0.2, 0) is 32.0 Å². The highest BCUT2D eigenvalue weighted by molar-refractivity contribution is 7.99. The van der Waals surface area contributed by atoms with Gasteiger partial charge in [0.25, 0.3) is 0 Å². The molecular formula is C34H48N6O4S. The fourth-order valence-corrected chi connectivity index (χ4v) is 6.08. The molecule has 0 saturated heterocycles. The molecule has 0 spiro atoms. The quantitative estimate of drug-likeness (QED) is 0.124. The number of nitrogens with one attached hydrogen (secondary N) is 4. The molecule has 1 heterocycles. The van der Waals surface area contributed by atoms with Crippen LogP contribution in [0.2, 0.25) is 0 Å². The molecule has 3 rings (SSSR count). The van der Waals surface area contributed by atoms with Crippen LogP contribution < -0.4 is 27.4 Å². The van der Waals surface area contributed by atoms with Gasteiger partial charge in [-0.1, -0.05) is 89.6 Å². The molecule has 2 aromatic carbocycles. The van der Waals surface area contributed by atoms with Crippen molar-refractivity contribution in [3.63, 3.8) is 0 Å². The third-order valence-corrected chi connectivity index (χ3v) is 9.22. The minimum Gasteiger partial charge on any atom is -0.368 e. The predicted octanol–water partition coefficient (Wildman–Crippen LogP) is 3.42. The maximum atomic E-state index is 13.9. The molecular weight excluding hydrogens is 588 g/mol. The van der Waals surface area contributed by atoms with Crippen molar-refractivity contribution in [2.45, 2.75) is 89.5 Å². The molecule has 244 valence electrons. The monoisotopic (exact) mass is 636 g/mol. The molecule has 11 heteroatoms. The molecule has 0 aliphatic rings. The first-order valence-electron chi connectivity index (χ1n) is 15.7. The Bertz CT molecular complexity index is 1440. The van der Waals surface area contributed by atoms with Gasteiger partial charge in [-0.05, 0) is 47.6 Å². The lowest BCUT2D eigenvalue weighted by molar-refractivity contribution is -0.134. The minimum atomic E-state index is -1.06. The van der Waals surface area contributed by atoms with Gasteiger partial charge in [0, 0.05) is 17.3 Å². The van der Waals surface area contributed by atoms with Gasteiger partial charge in [-0.3, -0.25) is 19.2 Å². The summed E-state index contributed by atoms with van der Waals surface area (Å²) in [6.07, 6.45) is 2.05. The Kier molecular flexibility index (Phi) is 13.5. The number of carbonyl (C=O) groups excluding carboxylic acids is 4. The van der Waals surface area contributed by atoms with Crippen LogP contribution in [0.3, 0.4) is 0 Å². The Hall–Kier alpha value is -3.83. The molecule has 0 saturated carbocycles. The molecule has 0 bridgehead atoms. The maximum Gasteiger partial charge on any atom is 0.243 e. The van der Waals surface area contributed by atoms with E-state index in [1.165, 1.54) is 0 Å². The van der Waals surface area contributed by atoms with E-state index in [-0.39, 0.29) is 18.3 Å². The predicted molar refractivity (Wildman–Crippen MR) is 180 cm³/mol. The standard InChI is InChI=1S/C34H48N6O4S/c1-6-17-45-34-24(23-15-11-12-16-26(23)38-34)19-27(32(43)40-29(30(36)41)21(5)7-2)37-33(44)28(20(3)4)39-31(42)25(35)18-22-13-9-8-10-14-22/h8-16,20-21,25,27-29,38H,6-7,17-19,35H2,1-5H3,(H2,36,41)(H,37,44)(H,39,42)(H,40,43)/t21-,25-,27-,28-,29-/m0/s1. The molecule has 0 radical (unpaired) electrons. The Labute approximate surface area is 270 Å². The van der Waals surface area contributed by atoms with Crippen LogP contribution in [0.15, 0.2) is 59.6 Å². The second-order valence-electron chi connectivity index (χ2n) is 11.9. The van der Waals surface area contributed by atoms with Gasteiger partial charge in [-0.25, -0.2) is 0 Å². The highest BCUT2D eigenvalue weighted by Crippen LogP contribution is 2.31. The van der Waals surface area contributed by atoms with E-state index in [4.69, 9.17) is 11.5 Å². The van der Waals surface area contributed by atoms with Crippen LogP contribution in [0.1, 0.15) is 58.6 Å². The van der Waals surface area contributed by atoms with Crippen molar-refractivity contribution < 1.29 is 19.2 Å². The molecule has 10 nitrogen and oxygen atoms in total. The molecule has 3 aromatic rings. The van der Waals surface area contributed by atoms with E-state index in [1.807, 2.05) is 82.3 Å². The topological polar surface area (TPSA) is 172 Å². The van der Waals surface area contributed by atoms with Crippen molar-refractivity contribution in [2.75, 3.05) is 5.75 Å². The summed E-state index contributed by atoms with van der Waals surface area (Å²) >= 11 is 1.65. The first-order chi connectivity index (χ1) is 21.5. The number of aromatic nitrogens is 1. The molecule has 0 fully saturated rings. The van der Waals surface area contributed by atoms with Crippen LogP contribution in [0.5, 0.6) is 0 Å². The summed E-state index contributed by atoms with van der Waals surface area (Å²) < 4.78 is 0. The van der Waals surface area contributed by atoms with Crippen LogP contribution in [-0.4, -0.2) is 58.5 Å². The van der Waals surface area contributed by atoms with Gasteiger partial charge in [0.15, 0.2) is 0 Å². The number of benzene rings is 2. The van der Waals surface area contributed by atoms with E-state index in [0.29, 0.717) is 12.8 Å². The number of carbonyl (C=O) groups is 4. The van der Waals surface area contributed by atoms with Crippen molar-refractivity contribution in [1.82, 2.24) is 20.9 Å². The summed E-state index contributed by atoms with van der Waals surface area (Å²) in [4.78, 5) is 56.6. The van der Waals surface area contributed by atoms with Gasteiger partial charge >= 0.3 is 0 Å². The zero-order valence-corrected chi connectivity index (χ0v) is 27.7. The molecule has 0 aliphatic carbocycles. The molecule has 4 amide bonds. The Morgan fingerprint density at radius 2 is 1.47 bits per heavy atom. The Morgan fingerprint density at radius 3 is 2.09 bits per heavy atom.